The molecule has 2 rings (SSSR count). The van der Waals surface area contributed by atoms with E-state index < -0.39 is 0 Å². The zero-order valence-corrected chi connectivity index (χ0v) is 13.6. The van der Waals surface area contributed by atoms with Crippen molar-refractivity contribution in [1.29, 1.82) is 0 Å². The van der Waals surface area contributed by atoms with Gasteiger partial charge in [-0.25, -0.2) is 0 Å². The van der Waals surface area contributed by atoms with E-state index >= 15 is 0 Å². The number of hydrogen-bond donors (Lipinski definition) is 2. The van der Waals surface area contributed by atoms with Gasteiger partial charge < -0.3 is 10.6 Å². The predicted octanol–water partition coefficient (Wildman–Crippen LogP) is 3.46. The van der Waals surface area contributed by atoms with Crippen molar-refractivity contribution in [3.8, 4) is 0 Å². The third kappa shape index (κ3) is 4.92. The predicted molar refractivity (Wildman–Crippen MR) is 94.2 cm³/mol. The molecular formula is C19H25N3. The van der Waals surface area contributed by atoms with Crippen LogP contribution in [-0.4, -0.2) is 19.6 Å². The van der Waals surface area contributed by atoms with E-state index in [1.807, 2.05) is 6.07 Å². The summed E-state index contributed by atoms with van der Waals surface area (Å²) in [6.07, 6.45) is 0. The maximum atomic E-state index is 4.29. The quantitative estimate of drug-likeness (QED) is 0.654. The van der Waals surface area contributed by atoms with Gasteiger partial charge in [-0.05, 0) is 24.0 Å². The summed E-state index contributed by atoms with van der Waals surface area (Å²) in [5.41, 5.74) is 3.88. The molecule has 0 aliphatic carbocycles. The van der Waals surface area contributed by atoms with E-state index in [1.165, 1.54) is 16.7 Å². The Morgan fingerprint density at radius 3 is 2.50 bits per heavy atom. The number of nitrogens with zero attached hydrogens (tertiary/aromatic N) is 1. The van der Waals surface area contributed by atoms with Crippen LogP contribution in [-0.2, 0) is 6.54 Å². The first kappa shape index (κ1) is 16.1. The Balaban J connectivity index is 1.83. The molecule has 0 spiro atoms. The van der Waals surface area contributed by atoms with Gasteiger partial charge in [-0.15, -0.1) is 0 Å². The Kier molecular flexibility index (Phi) is 6.01. The summed E-state index contributed by atoms with van der Waals surface area (Å²) < 4.78 is 0. The van der Waals surface area contributed by atoms with Gasteiger partial charge in [0.15, 0.2) is 5.96 Å². The third-order valence-corrected chi connectivity index (χ3v) is 3.71. The molecule has 0 bridgehead atoms. The highest BCUT2D eigenvalue weighted by Crippen LogP contribution is 2.12. The molecule has 22 heavy (non-hydrogen) atoms. The van der Waals surface area contributed by atoms with Crippen LogP contribution in [0, 0.1) is 6.92 Å². The Hall–Kier alpha value is -2.29. The molecule has 3 nitrogen and oxygen atoms in total. The van der Waals surface area contributed by atoms with Gasteiger partial charge in [0.05, 0.1) is 0 Å². The van der Waals surface area contributed by atoms with E-state index in [1.54, 1.807) is 7.05 Å². The zero-order chi connectivity index (χ0) is 15.8. The molecule has 0 saturated carbocycles. The highest BCUT2D eigenvalue weighted by Gasteiger charge is 2.06. The van der Waals surface area contributed by atoms with Crippen LogP contribution in [0.3, 0.4) is 0 Å². The fourth-order valence-corrected chi connectivity index (χ4v) is 2.38. The summed E-state index contributed by atoms with van der Waals surface area (Å²) in [5, 5.41) is 6.75. The molecule has 0 fully saturated rings. The number of benzene rings is 2. The van der Waals surface area contributed by atoms with Crippen LogP contribution >= 0.6 is 0 Å². The maximum Gasteiger partial charge on any atom is 0.191 e. The molecule has 0 aliphatic rings. The number of hydrogen-bond acceptors (Lipinski definition) is 1. The van der Waals surface area contributed by atoms with Crippen LogP contribution in [0.4, 0.5) is 0 Å². The number of aliphatic imine (C=N–C) groups is 1. The van der Waals surface area contributed by atoms with Crippen LogP contribution in [0.25, 0.3) is 0 Å². The SMILES string of the molecule is CN=C(NCc1cccc(C)c1)NCC(C)c1ccccc1. The molecule has 2 aromatic carbocycles. The van der Waals surface area contributed by atoms with Crippen molar-refractivity contribution in [3.05, 3.63) is 71.3 Å². The fraction of sp³-hybridized carbons (Fsp3) is 0.316. The first-order valence-electron chi connectivity index (χ1n) is 7.74. The molecule has 0 radical (unpaired) electrons. The molecule has 1 unspecified atom stereocenters. The van der Waals surface area contributed by atoms with E-state index in [2.05, 4.69) is 78.0 Å². The molecule has 116 valence electrons. The van der Waals surface area contributed by atoms with Gasteiger partial charge in [0.1, 0.15) is 0 Å². The summed E-state index contributed by atoms with van der Waals surface area (Å²) in [4.78, 5) is 4.29. The van der Waals surface area contributed by atoms with Crippen molar-refractivity contribution in [3.63, 3.8) is 0 Å². The van der Waals surface area contributed by atoms with Crippen molar-refractivity contribution in [2.75, 3.05) is 13.6 Å². The highest BCUT2D eigenvalue weighted by molar-refractivity contribution is 5.79. The van der Waals surface area contributed by atoms with Crippen molar-refractivity contribution in [2.45, 2.75) is 26.3 Å². The molecule has 0 aliphatic heterocycles. The standard InChI is InChI=1S/C19H25N3/c1-15-8-7-9-17(12-15)14-22-19(20-3)21-13-16(2)18-10-5-4-6-11-18/h4-12,16H,13-14H2,1-3H3,(H2,20,21,22). The molecule has 0 amide bonds. The normalized spacial score (nSPS) is 12.8. The minimum Gasteiger partial charge on any atom is -0.356 e. The summed E-state index contributed by atoms with van der Waals surface area (Å²) in [5.74, 6) is 1.28. The summed E-state index contributed by atoms with van der Waals surface area (Å²) in [6.45, 7) is 5.97. The van der Waals surface area contributed by atoms with Crippen molar-refractivity contribution < 1.29 is 0 Å². The first-order chi connectivity index (χ1) is 10.7. The van der Waals surface area contributed by atoms with Crippen molar-refractivity contribution in [2.24, 2.45) is 4.99 Å². The second-order valence-corrected chi connectivity index (χ2v) is 5.61. The van der Waals surface area contributed by atoms with Crippen LogP contribution in [0.5, 0.6) is 0 Å². The number of rotatable bonds is 5. The molecule has 0 heterocycles. The minimum absolute atomic E-state index is 0.443. The molecular weight excluding hydrogens is 270 g/mol. The number of aryl methyl sites for hydroxylation is 1. The van der Waals surface area contributed by atoms with Crippen LogP contribution in [0.15, 0.2) is 59.6 Å². The van der Waals surface area contributed by atoms with E-state index in [0.717, 1.165) is 19.0 Å². The molecule has 2 N–H and O–H groups in total. The second kappa shape index (κ2) is 8.23. The van der Waals surface area contributed by atoms with Gasteiger partial charge in [-0.1, -0.05) is 67.1 Å². The smallest absolute Gasteiger partial charge is 0.191 e. The van der Waals surface area contributed by atoms with Gasteiger partial charge in [-0.3, -0.25) is 4.99 Å². The topological polar surface area (TPSA) is 36.4 Å². The fourth-order valence-electron chi connectivity index (χ4n) is 2.38. The molecule has 1 atom stereocenters. The lowest BCUT2D eigenvalue weighted by Crippen LogP contribution is -2.38. The van der Waals surface area contributed by atoms with Gasteiger partial charge in [0.2, 0.25) is 0 Å². The van der Waals surface area contributed by atoms with Crippen LogP contribution < -0.4 is 10.6 Å². The van der Waals surface area contributed by atoms with Gasteiger partial charge in [-0.2, -0.15) is 0 Å². The molecule has 2 aromatic rings. The third-order valence-electron chi connectivity index (χ3n) is 3.71. The van der Waals surface area contributed by atoms with E-state index in [9.17, 15) is 0 Å². The molecule has 3 heteroatoms. The summed E-state index contributed by atoms with van der Waals surface area (Å²) in [6, 6.07) is 19.0. The van der Waals surface area contributed by atoms with E-state index in [-0.39, 0.29) is 0 Å². The highest BCUT2D eigenvalue weighted by atomic mass is 15.2. The monoisotopic (exact) mass is 295 g/mol. The van der Waals surface area contributed by atoms with Gasteiger partial charge in [0, 0.05) is 20.1 Å². The van der Waals surface area contributed by atoms with E-state index in [4.69, 9.17) is 0 Å². The summed E-state index contributed by atoms with van der Waals surface area (Å²) >= 11 is 0. The zero-order valence-electron chi connectivity index (χ0n) is 13.6. The van der Waals surface area contributed by atoms with Gasteiger partial charge >= 0.3 is 0 Å². The lowest BCUT2D eigenvalue weighted by molar-refractivity contribution is 0.699. The molecule has 0 aromatic heterocycles. The van der Waals surface area contributed by atoms with Crippen molar-refractivity contribution >= 4 is 5.96 Å². The number of nitrogens with one attached hydrogen (secondary N) is 2. The Morgan fingerprint density at radius 1 is 1.05 bits per heavy atom. The Bertz CT molecular complexity index is 605. The maximum absolute atomic E-state index is 4.29. The lowest BCUT2D eigenvalue weighted by atomic mass is 10.0. The number of guanidine groups is 1. The van der Waals surface area contributed by atoms with E-state index in [0.29, 0.717) is 5.92 Å². The first-order valence-corrected chi connectivity index (χ1v) is 7.74. The Morgan fingerprint density at radius 2 is 1.82 bits per heavy atom. The average molecular weight is 295 g/mol. The lowest BCUT2D eigenvalue weighted by Gasteiger charge is -2.16. The van der Waals surface area contributed by atoms with Crippen LogP contribution in [0.1, 0.15) is 29.5 Å². The Labute approximate surface area is 133 Å². The van der Waals surface area contributed by atoms with Crippen LogP contribution in [0.2, 0.25) is 0 Å². The largest absolute Gasteiger partial charge is 0.356 e. The molecule has 0 saturated heterocycles. The minimum atomic E-state index is 0.443. The second-order valence-electron chi connectivity index (χ2n) is 5.61. The average Bonchev–Trinajstić information content (AvgIpc) is 2.55. The van der Waals surface area contributed by atoms with Crippen molar-refractivity contribution in [1.82, 2.24) is 10.6 Å². The van der Waals surface area contributed by atoms with Gasteiger partial charge in [0.25, 0.3) is 0 Å². The summed E-state index contributed by atoms with van der Waals surface area (Å²) in [7, 11) is 1.80.